The highest BCUT2D eigenvalue weighted by atomic mass is 35.5. The van der Waals surface area contributed by atoms with Gasteiger partial charge in [0.2, 0.25) is 0 Å². The van der Waals surface area contributed by atoms with Gasteiger partial charge in [-0.3, -0.25) is 0 Å². The first-order valence-electron chi connectivity index (χ1n) is 4.63. The van der Waals surface area contributed by atoms with Crippen molar-refractivity contribution >= 4 is 17.6 Å². The summed E-state index contributed by atoms with van der Waals surface area (Å²) in [6, 6.07) is 4.69. The number of nitrogens with zero attached hydrogens (tertiary/aromatic N) is 1. The van der Waals surface area contributed by atoms with E-state index in [9.17, 15) is 9.90 Å². The van der Waals surface area contributed by atoms with E-state index < -0.39 is 5.97 Å². The van der Waals surface area contributed by atoms with Crippen molar-refractivity contribution in [3.05, 3.63) is 28.8 Å². The van der Waals surface area contributed by atoms with Crippen molar-refractivity contribution in [3.63, 3.8) is 0 Å². The Morgan fingerprint density at radius 3 is 2.81 bits per heavy atom. The van der Waals surface area contributed by atoms with Crippen molar-refractivity contribution in [2.24, 2.45) is 0 Å². The molecule has 0 unspecified atom stereocenters. The average Bonchev–Trinajstić information content (AvgIpc) is 2.28. The van der Waals surface area contributed by atoms with Crippen LogP contribution in [0.3, 0.4) is 0 Å². The van der Waals surface area contributed by atoms with Crippen molar-refractivity contribution in [1.29, 1.82) is 5.26 Å². The summed E-state index contributed by atoms with van der Waals surface area (Å²) < 4.78 is 4.76. The van der Waals surface area contributed by atoms with Gasteiger partial charge in [0.1, 0.15) is 17.4 Å². The van der Waals surface area contributed by atoms with Gasteiger partial charge in [-0.25, -0.2) is 4.79 Å². The summed E-state index contributed by atoms with van der Waals surface area (Å²) in [6.07, 6.45) is 0. The van der Waals surface area contributed by atoms with Crippen LogP contribution in [0.1, 0.15) is 28.4 Å². The number of hydrogen-bond donors (Lipinski definition) is 1. The van der Waals surface area contributed by atoms with Gasteiger partial charge in [-0.1, -0.05) is 6.07 Å². The van der Waals surface area contributed by atoms with Crippen LogP contribution >= 0.6 is 11.6 Å². The Balaban J connectivity index is 3.27. The Bertz CT molecular complexity index is 451. The van der Waals surface area contributed by atoms with Crippen molar-refractivity contribution in [1.82, 2.24) is 0 Å². The van der Waals surface area contributed by atoms with Crippen LogP contribution in [-0.2, 0) is 10.6 Å². The summed E-state index contributed by atoms with van der Waals surface area (Å²) in [5.74, 6) is -0.817. The Kier molecular flexibility index (Phi) is 4.15. The molecule has 1 aromatic carbocycles. The summed E-state index contributed by atoms with van der Waals surface area (Å²) in [5, 5.41) is 18.5. The van der Waals surface area contributed by atoms with E-state index in [0.29, 0.717) is 5.56 Å². The summed E-state index contributed by atoms with van der Waals surface area (Å²) in [6.45, 7) is 1.87. The first-order chi connectivity index (χ1) is 7.65. The largest absolute Gasteiger partial charge is 0.506 e. The molecule has 5 heteroatoms. The lowest BCUT2D eigenvalue weighted by molar-refractivity contribution is 0.0525. The van der Waals surface area contributed by atoms with Crippen LogP contribution in [-0.4, -0.2) is 17.7 Å². The SMILES string of the molecule is CCOC(=O)c1ccc(CCl)c(O)c1C#N. The van der Waals surface area contributed by atoms with E-state index in [1.807, 2.05) is 0 Å². The number of esters is 1. The smallest absolute Gasteiger partial charge is 0.339 e. The minimum Gasteiger partial charge on any atom is -0.506 e. The first kappa shape index (κ1) is 12.3. The van der Waals surface area contributed by atoms with Crippen molar-refractivity contribution < 1.29 is 14.6 Å². The third-order valence-electron chi connectivity index (χ3n) is 2.01. The van der Waals surface area contributed by atoms with E-state index in [0.717, 1.165) is 0 Å². The molecule has 1 aromatic rings. The van der Waals surface area contributed by atoms with Crippen LogP contribution in [0.2, 0.25) is 0 Å². The Morgan fingerprint density at radius 1 is 1.62 bits per heavy atom. The number of aromatic hydroxyl groups is 1. The number of phenols is 1. The summed E-state index contributed by atoms with van der Waals surface area (Å²) in [5.41, 5.74) is 0.360. The molecule has 0 radical (unpaired) electrons. The monoisotopic (exact) mass is 239 g/mol. The summed E-state index contributed by atoms with van der Waals surface area (Å²) in [4.78, 5) is 11.5. The van der Waals surface area contributed by atoms with Gasteiger partial charge in [-0.05, 0) is 13.0 Å². The first-order valence-corrected chi connectivity index (χ1v) is 5.17. The number of halogens is 1. The fourth-order valence-electron chi connectivity index (χ4n) is 1.23. The Morgan fingerprint density at radius 2 is 2.31 bits per heavy atom. The van der Waals surface area contributed by atoms with E-state index in [-0.39, 0.29) is 29.4 Å². The lowest BCUT2D eigenvalue weighted by Gasteiger charge is -2.07. The minimum atomic E-state index is -0.629. The zero-order valence-corrected chi connectivity index (χ0v) is 9.41. The molecule has 84 valence electrons. The van der Waals surface area contributed by atoms with Gasteiger partial charge in [-0.15, -0.1) is 11.6 Å². The van der Waals surface area contributed by atoms with Crippen LogP contribution in [0.15, 0.2) is 12.1 Å². The molecule has 0 spiro atoms. The molecule has 0 saturated heterocycles. The molecule has 0 heterocycles. The predicted octanol–water partition coefficient (Wildman–Crippen LogP) is 2.18. The van der Waals surface area contributed by atoms with Gasteiger partial charge in [-0.2, -0.15) is 5.26 Å². The molecule has 0 bridgehead atoms. The molecule has 0 saturated carbocycles. The normalized spacial score (nSPS) is 9.56. The molecule has 0 amide bonds. The topological polar surface area (TPSA) is 70.3 Å². The van der Waals surface area contributed by atoms with Gasteiger partial charge < -0.3 is 9.84 Å². The molecule has 0 aromatic heterocycles. The second-order valence-electron chi connectivity index (χ2n) is 2.96. The third-order valence-corrected chi connectivity index (χ3v) is 2.30. The van der Waals surface area contributed by atoms with E-state index in [4.69, 9.17) is 21.6 Å². The zero-order valence-electron chi connectivity index (χ0n) is 8.66. The number of alkyl halides is 1. The van der Waals surface area contributed by atoms with E-state index >= 15 is 0 Å². The van der Waals surface area contributed by atoms with E-state index in [2.05, 4.69) is 0 Å². The van der Waals surface area contributed by atoms with Gasteiger partial charge >= 0.3 is 5.97 Å². The number of carbonyl (C=O) groups is 1. The molecular weight excluding hydrogens is 230 g/mol. The summed E-state index contributed by atoms with van der Waals surface area (Å²) in [7, 11) is 0. The lowest BCUT2D eigenvalue weighted by Crippen LogP contribution is -2.07. The molecule has 1 N–H and O–H groups in total. The molecule has 0 aliphatic heterocycles. The second kappa shape index (κ2) is 5.38. The van der Waals surface area contributed by atoms with E-state index in [1.54, 1.807) is 13.0 Å². The van der Waals surface area contributed by atoms with Gasteiger partial charge in [0, 0.05) is 5.56 Å². The Hall–Kier alpha value is -1.73. The zero-order chi connectivity index (χ0) is 12.1. The molecular formula is C11H10ClNO3. The van der Waals surface area contributed by atoms with E-state index in [1.165, 1.54) is 12.1 Å². The molecule has 4 nitrogen and oxygen atoms in total. The molecule has 1 rings (SSSR count). The molecule has 0 atom stereocenters. The maximum Gasteiger partial charge on any atom is 0.339 e. The maximum absolute atomic E-state index is 11.5. The number of rotatable bonds is 3. The molecule has 0 fully saturated rings. The van der Waals surface area contributed by atoms with Crippen molar-refractivity contribution in [3.8, 4) is 11.8 Å². The second-order valence-corrected chi connectivity index (χ2v) is 3.23. The quantitative estimate of drug-likeness (QED) is 0.648. The van der Waals surface area contributed by atoms with Crippen LogP contribution in [0.5, 0.6) is 5.75 Å². The highest BCUT2D eigenvalue weighted by Gasteiger charge is 2.18. The fourth-order valence-corrected chi connectivity index (χ4v) is 1.45. The number of phenolic OH excluding ortho intramolecular Hbond substituents is 1. The number of ether oxygens (including phenoxy) is 1. The molecule has 0 aliphatic carbocycles. The highest BCUT2D eigenvalue weighted by Crippen LogP contribution is 2.27. The lowest BCUT2D eigenvalue weighted by atomic mass is 10.0. The van der Waals surface area contributed by atoms with Gasteiger partial charge in [0.25, 0.3) is 0 Å². The molecule has 16 heavy (non-hydrogen) atoms. The van der Waals surface area contributed by atoms with Crippen LogP contribution in [0, 0.1) is 11.3 Å². The summed E-state index contributed by atoms with van der Waals surface area (Å²) >= 11 is 5.57. The highest BCUT2D eigenvalue weighted by molar-refractivity contribution is 6.17. The Labute approximate surface area is 98.0 Å². The average molecular weight is 240 g/mol. The number of nitriles is 1. The fraction of sp³-hybridized carbons (Fsp3) is 0.273. The number of carbonyl (C=O) groups excluding carboxylic acids is 1. The van der Waals surface area contributed by atoms with Gasteiger partial charge in [0.15, 0.2) is 0 Å². The standard InChI is InChI=1S/C11H10ClNO3/c1-2-16-11(15)8-4-3-7(5-12)10(14)9(8)6-13/h3-4,14H,2,5H2,1H3. The predicted molar refractivity (Wildman–Crippen MR) is 58.3 cm³/mol. The van der Waals surface area contributed by atoms with Crippen LogP contribution in [0.25, 0.3) is 0 Å². The molecule has 0 aliphatic rings. The number of hydrogen-bond acceptors (Lipinski definition) is 4. The third kappa shape index (κ3) is 2.26. The maximum atomic E-state index is 11.5. The number of benzene rings is 1. The van der Waals surface area contributed by atoms with Crippen LogP contribution in [0.4, 0.5) is 0 Å². The van der Waals surface area contributed by atoms with Gasteiger partial charge in [0.05, 0.1) is 18.1 Å². The van der Waals surface area contributed by atoms with Crippen molar-refractivity contribution in [2.45, 2.75) is 12.8 Å². The van der Waals surface area contributed by atoms with Crippen LogP contribution < -0.4 is 0 Å². The van der Waals surface area contributed by atoms with Crippen molar-refractivity contribution in [2.75, 3.05) is 6.61 Å². The minimum absolute atomic E-state index is 0.0516.